The molecule has 16 heavy (non-hydrogen) atoms. The van der Waals surface area contributed by atoms with Crippen LogP contribution in [0.25, 0.3) is 0 Å². The van der Waals surface area contributed by atoms with Gasteiger partial charge in [-0.15, -0.1) is 0 Å². The summed E-state index contributed by atoms with van der Waals surface area (Å²) in [5.74, 6) is -0.621. The largest absolute Gasteiger partial charge is 0.338 e. The lowest BCUT2D eigenvalue weighted by atomic mass is 10.2. The normalized spacial score (nSPS) is 12.3. The van der Waals surface area contributed by atoms with Gasteiger partial charge in [0, 0.05) is 18.4 Å². The molecule has 1 unspecified atom stereocenters. The van der Waals surface area contributed by atoms with Crippen LogP contribution in [-0.2, 0) is 0 Å². The van der Waals surface area contributed by atoms with Crippen LogP contribution in [0.4, 0.5) is 4.39 Å². The zero-order chi connectivity index (χ0) is 12.3. The lowest BCUT2D eigenvalue weighted by Crippen LogP contribution is -2.36. The summed E-state index contributed by atoms with van der Waals surface area (Å²) in [5.41, 5.74) is 0.343. The summed E-state index contributed by atoms with van der Waals surface area (Å²) in [6.45, 7) is 1.92. The summed E-state index contributed by atoms with van der Waals surface area (Å²) in [6.07, 6.45) is 0. The number of hydrogen-bond acceptors (Lipinski definition) is 1. The van der Waals surface area contributed by atoms with Crippen molar-refractivity contribution >= 4 is 37.8 Å². The lowest BCUT2D eigenvalue weighted by molar-refractivity contribution is 0.0756. The number of carbonyl (C=O) groups excluding carboxylic acids is 1. The molecule has 1 aromatic carbocycles. The number of alkyl halides is 1. The molecule has 5 heteroatoms. The highest BCUT2D eigenvalue weighted by Crippen LogP contribution is 2.22. The van der Waals surface area contributed by atoms with Gasteiger partial charge in [-0.2, -0.15) is 0 Å². The maximum Gasteiger partial charge on any atom is 0.255 e. The number of halogens is 3. The Morgan fingerprint density at radius 2 is 2.19 bits per heavy atom. The standard InChI is InChI=1S/C11H12Br2FNO/c1-7(6-12)15(2)11(16)8-4-3-5-9(14)10(8)13/h3-5,7H,6H2,1-2H3. The van der Waals surface area contributed by atoms with Crippen LogP contribution in [0.3, 0.4) is 0 Å². The van der Waals surface area contributed by atoms with Crippen molar-refractivity contribution in [3.63, 3.8) is 0 Å². The van der Waals surface area contributed by atoms with Gasteiger partial charge in [-0.1, -0.05) is 22.0 Å². The molecule has 0 N–H and O–H groups in total. The van der Waals surface area contributed by atoms with Crippen molar-refractivity contribution in [3.8, 4) is 0 Å². The fourth-order valence-corrected chi connectivity index (χ4v) is 2.03. The molecule has 0 spiro atoms. The average Bonchev–Trinajstić information content (AvgIpc) is 2.29. The minimum Gasteiger partial charge on any atom is -0.338 e. The minimum absolute atomic E-state index is 0.0580. The van der Waals surface area contributed by atoms with Crippen LogP contribution < -0.4 is 0 Å². The molecule has 0 aromatic heterocycles. The second-order valence-corrected chi connectivity index (χ2v) is 4.96. The fourth-order valence-electron chi connectivity index (χ4n) is 1.16. The van der Waals surface area contributed by atoms with E-state index in [0.29, 0.717) is 10.9 Å². The second kappa shape index (κ2) is 5.77. The van der Waals surface area contributed by atoms with E-state index < -0.39 is 5.82 Å². The van der Waals surface area contributed by atoms with Crippen LogP contribution in [0, 0.1) is 5.82 Å². The van der Waals surface area contributed by atoms with Crippen molar-refractivity contribution in [2.75, 3.05) is 12.4 Å². The van der Waals surface area contributed by atoms with E-state index in [1.54, 1.807) is 18.0 Å². The highest BCUT2D eigenvalue weighted by molar-refractivity contribution is 9.10. The van der Waals surface area contributed by atoms with Gasteiger partial charge in [-0.3, -0.25) is 4.79 Å². The van der Waals surface area contributed by atoms with Crippen LogP contribution in [0.15, 0.2) is 22.7 Å². The van der Waals surface area contributed by atoms with E-state index in [2.05, 4.69) is 31.9 Å². The van der Waals surface area contributed by atoms with Gasteiger partial charge >= 0.3 is 0 Å². The Kier molecular flexibility index (Phi) is 4.92. The highest BCUT2D eigenvalue weighted by Gasteiger charge is 2.20. The van der Waals surface area contributed by atoms with Crippen LogP contribution in [-0.4, -0.2) is 29.2 Å². The first-order chi connectivity index (χ1) is 7.49. The van der Waals surface area contributed by atoms with E-state index >= 15 is 0 Å². The summed E-state index contributed by atoms with van der Waals surface area (Å²) in [7, 11) is 1.70. The molecule has 0 aliphatic heterocycles. The first-order valence-corrected chi connectivity index (χ1v) is 6.67. The smallest absolute Gasteiger partial charge is 0.255 e. The molecule has 1 aromatic rings. The van der Waals surface area contributed by atoms with Gasteiger partial charge in [0.2, 0.25) is 0 Å². The zero-order valence-electron chi connectivity index (χ0n) is 9.01. The van der Waals surface area contributed by atoms with Crippen molar-refractivity contribution in [2.24, 2.45) is 0 Å². The predicted molar refractivity (Wildman–Crippen MR) is 69.4 cm³/mol. The Morgan fingerprint density at radius 3 is 2.75 bits per heavy atom. The van der Waals surface area contributed by atoms with Crippen LogP contribution in [0.1, 0.15) is 17.3 Å². The third-order valence-electron chi connectivity index (χ3n) is 2.39. The summed E-state index contributed by atoms with van der Waals surface area (Å²) < 4.78 is 13.5. The second-order valence-electron chi connectivity index (χ2n) is 3.52. The lowest BCUT2D eigenvalue weighted by Gasteiger charge is -2.23. The molecule has 0 fully saturated rings. The monoisotopic (exact) mass is 351 g/mol. The number of hydrogen-bond donors (Lipinski definition) is 0. The molecule has 1 rings (SSSR count). The maximum atomic E-state index is 13.3. The minimum atomic E-state index is -0.425. The molecule has 1 atom stereocenters. The molecule has 1 amide bonds. The van der Waals surface area contributed by atoms with E-state index in [9.17, 15) is 9.18 Å². The fraction of sp³-hybridized carbons (Fsp3) is 0.364. The Balaban J connectivity index is 3.01. The first kappa shape index (κ1) is 13.6. The molecule has 0 aliphatic carbocycles. The molecule has 0 aliphatic rings. The molecule has 0 radical (unpaired) electrons. The Labute approximate surface area is 111 Å². The van der Waals surface area contributed by atoms with Gasteiger partial charge in [0.1, 0.15) is 5.82 Å². The third-order valence-corrected chi connectivity index (χ3v) is 4.13. The van der Waals surface area contributed by atoms with Crippen LogP contribution in [0.5, 0.6) is 0 Å². The number of amides is 1. The molecular formula is C11H12Br2FNO. The molecule has 0 saturated carbocycles. The first-order valence-electron chi connectivity index (χ1n) is 4.76. The van der Waals surface area contributed by atoms with Gasteiger partial charge in [-0.25, -0.2) is 4.39 Å². The van der Waals surface area contributed by atoms with E-state index in [1.165, 1.54) is 12.1 Å². The molecule has 0 bridgehead atoms. The zero-order valence-corrected chi connectivity index (χ0v) is 12.2. The van der Waals surface area contributed by atoms with Crippen LogP contribution in [0.2, 0.25) is 0 Å². The van der Waals surface area contributed by atoms with Crippen molar-refractivity contribution < 1.29 is 9.18 Å². The van der Waals surface area contributed by atoms with Gasteiger partial charge < -0.3 is 4.90 Å². The third kappa shape index (κ3) is 2.83. The van der Waals surface area contributed by atoms with Gasteiger partial charge in [0.25, 0.3) is 5.91 Å². The van der Waals surface area contributed by atoms with Crippen molar-refractivity contribution in [2.45, 2.75) is 13.0 Å². The SMILES string of the molecule is CC(CBr)N(C)C(=O)c1cccc(F)c1Br. The number of rotatable bonds is 3. The quantitative estimate of drug-likeness (QED) is 0.763. The maximum absolute atomic E-state index is 13.3. The summed E-state index contributed by atoms with van der Waals surface area (Å²) in [6, 6.07) is 4.50. The average molecular weight is 353 g/mol. The Hall–Kier alpha value is -0.420. The van der Waals surface area contributed by atoms with Crippen molar-refractivity contribution in [1.29, 1.82) is 0 Å². The van der Waals surface area contributed by atoms with Crippen molar-refractivity contribution in [1.82, 2.24) is 4.90 Å². The molecule has 0 heterocycles. The Morgan fingerprint density at radius 1 is 1.56 bits per heavy atom. The summed E-state index contributed by atoms with van der Waals surface area (Å²) in [4.78, 5) is 13.6. The number of benzene rings is 1. The van der Waals surface area contributed by atoms with Crippen LogP contribution >= 0.6 is 31.9 Å². The highest BCUT2D eigenvalue weighted by atomic mass is 79.9. The number of nitrogens with zero attached hydrogens (tertiary/aromatic N) is 1. The molecule has 88 valence electrons. The Bertz CT molecular complexity index is 398. The van der Waals surface area contributed by atoms with Crippen molar-refractivity contribution in [3.05, 3.63) is 34.1 Å². The predicted octanol–water partition coefficient (Wildman–Crippen LogP) is 3.44. The van der Waals surface area contributed by atoms with Gasteiger partial charge in [0.05, 0.1) is 10.0 Å². The molecule has 2 nitrogen and oxygen atoms in total. The summed E-state index contributed by atoms with van der Waals surface area (Å²) in [5, 5.41) is 0.683. The topological polar surface area (TPSA) is 20.3 Å². The molecule has 0 saturated heterocycles. The van der Waals surface area contributed by atoms with E-state index in [-0.39, 0.29) is 16.4 Å². The summed E-state index contributed by atoms with van der Waals surface area (Å²) >= 11 is 6.40. The van der Waals surface area contributed by atoms with Gasteiger partial charge in [-0.05, 0) is 35.0 Å². The van der Waals surface area contributed by atoms with E-state index in [0.717, 1.165) is 0 Å². The van der Waals surface area contributed by atoms with E-state index in [4.69, 9.17) is 0 Å². The van der Waals surface area contributed by atoms with E-state index in [1.807, 2.05) is 6.92 Å². The van der Waals surface area contributed by atoms with Gasteiger partial charge in [0.15, 0.2) is 0 Å². The number of carbonyl (C=O) groups is 1. The molecular weight excluding hydrogens is 341 g/mol.